The van der Waals surface area contributed by atoms with Crippen LogP contribution in [0.4, 0.5) is 11.4 Å². The molecule has 4 rings (SSSR count). The van der Waals surface area contributed by atoms with Crippen molar-refractivity contribution < 1.29 is 14.5 Å². The summed E-state index contributed by atoms with van der Waals surface area (Å²) in [4.78, 5) is 23.8. The van der Waals surface area contributed by atoms with Crippen LogP contribution >= 0.6 is 11.6 Å². The van der Waals surface area contributed by atoms with Crippen LogP contribution in [-0.2, 0) is 11.4 Å². The van der Waals surface area contributed by atoms with Crippen LogP contribution < -0.4 is 9.75 Å². The summed E-state index contributed by atoms with van der Waals surface area (Å²) < 4.78 is 5.79. The van der Waals surface area contributed by atoms with Gasteiger partial charge in [-0.05, 0) is 48.4 Å². The fourth-order valence-electron chi connectivity index (χ4n) is 3.24. The standard InChI is InChI=1S/C24H18ClN3O4/c1-16-21(24(29)27(26-16)23-14-19(25)9-12-22(23)28(30)31)13-17-7-10-20(11-8-17)32-15-18-5-3-2-4-6-18/h2-14H,15H2,1H3/b21-13-. The van der Waals surface area contributed by atoms with Crippen LogP contribution in [0.15, 0.2) is 83.5 Å². The van der Waals surface area contributed by atoms with E-state index in [-0.39, 0.29) is 16.4 Å². The number of amides is 1. The summed E-state index contributed by atoms with van der Waals surface area (Å²) in [6, 6.07) is 21.2. The fraction of sp³-hybridized carbons (Fsp3) is 0.0833. The molecule has 160 valence electrons. The second-order valence-electron chi connectivity index (χ2n) is 7.09. The van der Waals surface area contributed by atoms with Gasteiger partial charge >= 0.3 is 0 Å². The Morgan fingerprint density at radius 1 is 1.09 bits per heavy atom. The lowest BCUT2D eigenvalue weighted by Gasteiger charge is -2.12. The summed E-state index contributed by atoms with van der Waals surface area (Å²) in [6.45, 7) is 2.14. The summed E-state index contributed by atoms with van der Waals surface area (Å²) >= 11 is 5.99. The minimum atomic E-state index is -0.570. The number of carbonyl (C=O) groups excluding carboxylic acids is 1. The largest absolute Gasteiger partial charge is 0.489 e. The molecule has 0 N–H and O–H groups in total. The molecule has 0 atom stereocenters. The smallest absolute Gasteiger partial charge is 0.295 e. The molecule has 7 nitrogen and oxygen atoms in total. The molecule has 1 aliphatic rings. The van der Waals surface area contributed by atoms with Crippen LogP contribution in [0.25, 0.3) is 6.08 Å². The number of rotatable bonds is 6. The SMILES string of the molecule is CC1=NN(c2cc(Cl)ccc2[N+](=O)[O-])C(=O)/C1=C\c1ccc(OCc2ccccc2)cc1. The van der Waals surface area contributed by atoms with E-state index in [4.69, 9.17) is 16.3 Å². The maximum absolute atomic E-state index is 13.0. The van der Waals surface area contributed by atoms with Crippen LogP contribution in [0.1, 0.15) is 18.1 Å². The molecule has 0 unspecified atom stereocenters. The van der Waals surface area contributed by atoms with Gasteiger partial charge in [-0.3, -0.25) is 14.9 Å². The van der Waals surface area contributed by atoms with Crippen molar-refractivity contribution in [1.29, 1.82) is 0 Å². The van der Waals surface area contributed by atoms with Crippen LogP contribution in [0.3, 0.4) is 0 Å². The molecule has 1 aliphatic heterocycles. The normalized spacial score (nSPS) is 14.6. The molecule has 0 fully saturated rings. The van der Waals surface area contributed by atoms with Gasteiger partial charge in [0.15, 0.2) is 0 Å². The third kappa shape index (κ3) is 4.53. The molecular weight excluding hydrogens is 430 g/mol. The number of benzene rings is 3. The van der Waals surface area contributed by atoms with Gasteiger partial charge in [-0.2, -0.15) is 10.1 Å². The zero-order valence-corrected chi connectivity index (χ0v) is 17.8. The first-order valence-corrected chi connectivity index (χ1v) is 10.1. The second-order valence-corrected chi connectivity index (χ2v) is 7.53. The lowest BCUT2D eigenvalue weighted by atomic mass is 10.1. The van der Waals surface area contributed by atoms with Crippen LogP contribution in [0.2, 0.25) is 5.02 Å². The van der Waals surface area contributed by atoms with E-state index in [1.807, 2.05) is 54.6 Å². The predicted octanol–water partition coefficient (Wildman–Crippen LogP) is 5.63. The Bertz CT molecular complexity index is 1240. The average molecular weight is 448 g/mol. The number of hydrogen-bond acceptors (Lipinski definition) is 5. The average Bonchev–Trinajstić information content (AvgIpc) is 3.07. The summed E-state index contributed by atoms with van der Waals surface area (Å²) in [7, 11) is 0. The van der Waals surface area contributed by atoms with Crippen LogP contribution in [0, 0.1) is 10.1 Å². The molecule has 32 heavy (non-hydrogen) atoms. The molecule has 0 radical (unpaired) electrons. The second kappa shape index (κ2) is 9.03. The van der Waals surface area contributed by atoms with Crippen molar-refractivity contribution >= 4 is 40.7 Å². The minimum absolute atomic E-state index is 0.0277. The maximum atomic E-state index is 13.0. The quantitative estimate of drug-likeness (QED) is 0.278. The van der Waals surface area contributed by atoms with Gasteiger partial charge in [-0.25, -0.2) is 0 Å². The van der Waals surface area contributed by atoms with Crippen molar-refractivity contribution in [2.75, 3.05) is 5.01 Å². The molecule has 0 saturated carbocycles. The Kier molecular flexibility index (Phi) is 6.00. The van der Waals surface area contributed by atoms with Gasteiger partial charge in [0.2, 0.25) is 0 Å². The Morgan fingerprint density at radius 3 is 2.50 bits per heavy atom. The minimum Gasteiger partial charge on any atom is -0.489 e. The molecular formula is C24H18ClN3O4. The van der Waals surface area contributed by atoms with Gasteiger partial charge in [0.25, 0.3) is 11.6 Å². The van der Waals surface area contributed by atoms with Crippen LogP contribution in [0.5, 0.6) is 5.75 Å². The van der Waals surface area contributed by atoms with E-state index in [1.165, 1.54) is 18.2 Å². The first kappa shape index (κ1) is 21.3. The number of nitrogens with zero attached hydrogens (tertiary/aromatic N) is 3. The van der Waals surface area contributed by atoms with Crippen molar-refractivity contribution in [3.8, 4) is 5.75 Å². The summed E-state index contributed by atoms with van der Waals surface area (Å²) in [5, 5.41) is 16.9. The van der Waals surface area contributed by atoms with E-state index in [9.17, 15) is 14.9 Å². The topological polar surface area (TPSA) is 85.0 Å². The van der Waals surface area contributed by atoms with E-state index in [0.717, 1.165) is 16.1 Å². The maximum Gasteiger partial charge on any atom is 0.295 e. The number of hydrazone groups is 1. The Balaban J connectivity index is 1.53. The van der Waals surface area contributed by atoms with Gasteiger partial charge in [-0.1, -0.05) is 54.1 Å². The van der Waals surface area contributed by atoms with Gasteiger partial charge < -0.3 is 4.74 Å². The molecule has 0 aliphatic carbocycles. The summed E-state index contributed by atoms with van der Waals surface area (Å²) in [5.74, 6) is 0.243. The number of nitro groups is 1. The molecule has 1 heterocycles. The fourth-order valence-corrected chi connectivity index (χ4v) is 3.40. The highest BCUT2D eigenvalue weighted by atomic mass is 35.5. The molecule has 0 bridgehead atoms. The summed E-state index contributed by atoms with van der Waals surface area (Å²) in [5.41, 5.74) is 2.42. The number of halogens is 1. The number of nitro benzene ring substituents is 1. The highest BCUT2D eigenvalue weighted by molar-refractivity contribution is 6.33. The van der Waals surface area contributed by atoms with Crippen molar-refractivity contribution in [3.05, 3.63) is 105 Å². The number of ether oxygens (including phenoxy) is 1. The zero-order valence-electron chi connectivity index (χ0n) is 17.1. The van der Waals surface area contributed by atoms with E-state index in [2.05, 4.69) is 5.10 Å². The van der Waals surface area contributed by atoms with Gasteiger partial charge in [0.1, 0.15) is 18.0 Å². The molecule has 3 aromatic carbocycles. The third-order valence-electron chi connectivity index (χ3n) is 4.86. The molecule has 0 aromatic heterocycles. The highest BCUT2D eigenvalue weighted by Crippen LogP contribution is 2.35. The van der Waals surface area contributed by atoms with Crippen molar-refractivity contribution in [1.82, 2.24) is 0 Å². The lowest BCUT2D eigenvalue weighted by Crippen LogP contribution is -2.22. The van der Waals surface area contributed by atoms with E-state index in [1.54, 1.807) is 13.0 Å². The zero-order chi connectivity index (χ0) is 22.7. The van der Waals surface area contributed by atoms with Gasteiger partial charge in [-0.15, -0.1) is 0 Å². The first-order valence-electron chi connectivity index (χ1n) is 9.75. The molecule has 3 aromatic rings. The van der Waals surface area contributed by atoms with Crippen molar-refractivity contribution in [2.45, 2.75) is 13.5 Å². The van der Waals surface area contributed by atoms with E-state index < -0.39 is 10.8 Å². The number of carbonyl (C=O) groups is 1. The first-order chi connectivity index (χ1) is 15.4. The Labute approximate surface area is 189 Å². The predicted molar refractivity (Wildman–Crippen MR) is 124 cm³/mol. The van der Waals surface area contributed by atoms with Crippen molar-refractivity contribution in [2.24, 2.45) is 5.10 Å². The monoisotopic (exact) mass is 447 g/mol. The summed E-state index contributed by atoms with van der Waals surface area (Å²) in [6.07, 6.45) is 1.69. The molecule has 0 saturated heterocycles. The van der Waals surface area contributed by atoms with Gasteiger partial charge in [0.05, 0.1) is 16.2 Å². The Morgan fingerprint density at radius 2 is 1.81 bits per heavy atom. The Hall–Kier alpha value is -3.97. The van der Waals surface area contributed by atoms with Crippen LogP contribution in [-0.4, -0.2) is 16.5 Å². The van der Waals surface area contributed by atoms with E-state index in [0.29, 0.717) is 23.6 Å². The molecule has 1 amide bonds. The number of anilines is 1. The lowest BCUT2D eigenvalue weighted by molar-refractivity contribution is -0.384. The third-order valence-corrected chi connectivity index (χ3v) is 5.10. The van der Waals surface area contributed by atoms with E-state index >= 15 is 0 Å². The highest BCUT2D eigenvalue weighted by Gasteiger charge is 2.33. The molecule has 8 heteroatoms. The number of hydrogen-bond donors (Lipinski definition) is 0. The van der Waals surface area contributed by atoms with Crippen molar-refractivity contribution in [3.63, 3.8) is 0 Å². The van der Waals surface area contributed by atoms with Gasteiger partial charge in [0, 0.05) is 11.1 Å². The molecule has 0 spiro atoms.